The van der Waals surface area contributed by atoms with Gasteiger partial charge < -0.3 is 5.32 Å². The molecule has 1 aliphatic rings. The molecule has 0 spiro atoms. The minimum absolute atomic E-state index is 0.325. The molecule has 0 bridgehead atoms. The van der Waals surface area contributed by atoms with Crippen LogP contribution in [0.1, 0.15) is 19.8 Å². The Kier molecular flexibility index (Phi) is 2.04. The Balaban J connectivity index is 2.56. The van der Waals surface area contributed by atoms with Crippen LogP contribution in [0.2, 0.25) is 0 Å². The molecule has 0 aromatic heterocycles. The Morgan fingerprint density at radius 2 is 2.00 bits per heavy atom. The highest BCUT2D eigenvalue weighted by atomic mass is 19.1. The first-order chi connectivity index (χ1) is 4.65. The van der Waals surface area contributed by atoms with Gasteiger partial charge in [-0.1, -0.05) is 0 Å². The first-order valence-corrected chi connectivity index (χ1v) is 3.56. The zero-order chi connectivity index (χ0) is 7.61. The van der Waals surface area contributed by atoms with E-state index in [2.05, 4.69) is 5.32 Å². The number of ketones is 1. The molecule has 1 aliphatic heterocycles. The molecule has 3 heteroatoms. The fourth-order valence-electron chi connectivity index (χ4n) is 1.18. The van der Waals surface area contributed by atoms with Gasteiger partial charge in [0, 0.05) is 12.8 Å². The van der Waals surface area contributed by atoms with Crippen molar-refractivity contribution < 1.29 is 9.18 Å². The average molecular weight is 145 g/mol. The minimum atomic E-state index is -1.52. The zero-order valence-electron chi connectivity index (χ0n) is 6.11. The van der Waals surface area contributed by atoms with Crippen LogP contribution >= 0.6 is 0 Å². The summed E-state index contributed by atoms with van der Waals surface area (Å²) in [6.45, 7) is 2.57. The maximum atomic E-state index is 13.3. The lowest BCUT2D eigenvalue weighted by atomic mass is 9.91. The van der Waals surface area contributed by atoms with Gasteiger partial charge in [0.2, 0.25) is 0 Å². The molecule has 0 aliphatic carbocycles. The summed E-state index contributed by atoms with van der Waals surface area (Å²) in [5, 5.41) is 3.00. The van der Waals surface area contributed by atoms with Crippen LogP contribution in [0.5, 0.6) is 0 Å². The van der Waals surface area contributed by atoms with E-state index in [4.69, 9.17) is 0 Å². The van der Waals surface area contributed by atoms with E-state index < -0.39 is 5.67 Å². The molecule has 10 heavy (non-hydrogen) atoms. The van der Waals surface area contributed by atoms with E-state index in [9.17, 15) is 9.18 Å². The maximum Gasteiger partial charge on any atom is 0.170 e. The summed E-state index contributed by atoms with van der Waals surface area (Å²) in [5.41, 5.74) is -1.52. The highest BCUT2D eigenvalue weighted by molar-refractivity contribution is 5.84. The Hall–Kier alpha value is -0.440. The molecule has 0 unspecified atom stereocenters. The lowest BCUT2D eigenvalue weighted by molar-refractivity contribution is -0.129. The number of alkyl halides is 1. The van der Waals surface area contributed by atoms with Crippen molar-refractivity contribution in [3.63, 3.8) is 0 Å². The molecule has 2 nitrogen and oxygen atoms in total. The third kappa shape index (κ3) is 1.34. The van der Waals surface area contributed by atoms with Crippen molar-refractivity contribution >= 4 is 5.78 Å². The lowest BCUT2D eigenvalue weighted by Crippen LogP contribution is -2.43. The van der Waals surface area contributed by atoms with Gasteiger partial charge in [0.25, 0.3) is 0 Å². The van der Waals surface area contributed by atoms with Crippen LogP contribution in [-0.2, 0) is 4.79 Å². The van der Waals surface area contributed by atoms with E-state index in [1.54, 1.807) is 0 Å². The van der Waals surface area contributed by atoms with Gasteiger partial charge >= 0.3 is 0 Å². The fraction of sp³-hybridized carbons (Fsp3) is 0.857. The van der Waals surface area contributed by atoms with Gasteiger partial charge in [0.05, 0.1) is 0 Å². The van der Waals surface area contributed by atoms with Gasteiger partial charge in [-0.25, -0.2) is 4.39 Å². The van der Waals surface area contributed by atoms with Crippen molar-refractivity contribution in [3.05, 3.63) is 0 Å². The normalized spacial score (nSPS) is 24.2. The van der Waals surface area contributed by atoms with Crippen LogP contribution in [0.4, 0.5) is 4.39 Å². The number of rotatable bonds is 1. The number of hydrogen-bond acceptors (Lipinski definition) is 2. The van der Waals surface area contributed by atoms with E-state index in [0.717, 1.165) is 0 Å². The Morgan fingerprint density at radius 1 is 1.50 bits per heavy atom. The van der Waals surface area contributed by atoms with Gasteiger partial charge in [-0.05, 0) is 20.0 Å². The molecule has 0 radical (unpaired) electrons. The van der Waals surface area contributed by atoms with Crippen LogP contribution in [-0.4, -0.2) is 24.5 Å². The van der Waals surface area contributed by atoms with Crippen molar-refractivity contribution in [3.8, 4) is 0 Å². The van der Waals surface area contributed by atoms with E-state index in [0.29, 0.717) is 25.9 Å². The second kappa shape index (κ2) is 2.66. The van der Waals surface area contributed by atoms with Crippen molar-refractivity contribution in [1.29, 1.82) is 0 Å². The molecular weight excluding hydrogens is 133 g/mol. The van der Waals surface area contributed by atoms with Gasteiger partial charge in [-0.15, -0.1) is 0 Å². The highest BCUT2D eigenvalue weighted by Gasteiger charge is 2.36. The van der Waals surface area contributed by atoms with Crippen LogP contribution in [0.3, 0.4) is 0 Å². The predicted molar refractivity (Wildman–Crippen MR) is 36.6 cm³/mol. The smallest absolute Gasteiger partial charge is 0.170 e. The summed E-state index contributed by atoms with van der Waals surface area (Å²) in [5.74, 6) is -0.325. The van der Waals surface area contributed by atoms with E-state index in [1.165, 1.54) is 6.92 Å². The summed E-state index contributed by atoms with van der Waals surface area (Å²) < 4.78 is 13.3. The average Bonchev–Trinajstić information content (AvgIpc) is 1.89. The second-order valence-electron chi connectivity index (χ2n) is 2.77. The van der Waals surface area contributed by atoms with E-state index in [-0.39, 0.29) is 5.78 Å². The molecule has 0 amide bonds. The number of nitrogens with one attached hydrogen (secondary N) is 1. The summed E-state index contributed by atoms with van der Waals surface area (Å²) in [6, 6.07) is 0. The fourth-order valence-corrected chi connectivity index (χ4v) is 1.18. The number of hydrogen-bond donors (Lipinski definition) is 1. The Morgan fingerprint density at radius 3 is 2.30 bits per heavy atom. The summed E-state index contributed by atoms with van der Waals surface area (Å²) >= 11 is 0. The molecule has 0 aromatic carbocycles. The molecule has 1 rings (SSSR count). The third-order valence-electron chi connectivity index (χ3n) is 2.03. The van der Waals surface area contributed by atoms with Crippen LogP contribution in [0.15, 0.2) is 0 Å². The summed E-state index contributed by atoms with van der Waals surface area (Å²) in [6.07, 6.45) is 0.671. The first kappa shape index (κ1) is 7.66. The third-order valence-corrected chi connectivity index (χ3v) is 2.03. The minimum Gasteiger partial charge on any atom is -0.316 e. The lowest BCUT2D eigenvalue weighted by Gasteiger charge is -2.27. The Bertz CT molecular complexity index is 141. The quantitative estimate of drug-likeness (QED) is 0.587. The molecule has 1 saturated heterocycles. The molecule has 0 atom stereocenters. The largest absolute Gasteiger partial charge is 0.316 e. The molecule has 1 heterocycles. The highest BCUT2D eigenvalue weighted by Crippen LogP contribution is 2.23. The van der Waals surface area contributed by atoms with Crippen molar-refractivity contribution in [2.45, 2.75) is 25.4 Å². The molecular formula is C7H12FNO. The monoisotopic (exact) mass is 145 g/mol. The van der Waals surface area contributed by atoms with Crippen molar-refractivity contribution in [1.82, 2.24) is 5.32 Å². The van der Waals surface area contributed by atoms with Crippen LogP contribution in [0.25, 0.3) is 0 Å². The van der Waals surface area contributed by atoms with Gasteiger partial charge in [0.1, 0.15) is 0 Å². The standard InChI is InChI=1S/C7H12FNO/c1-6(10)7(8)2-4-9-5-3-7/h9H,2-5H2,1H3. The SMILES string of the molecule is CC(=O)C1(F)CCNCC1. The number of carbonyl (C=O) groups excluding carboxylic acids is 1. The summed E-state index contributed by atoms with van der Waals surface area (Å²) in [4.78, 5) is 10.7. The predicted octanol–water partition coefficient (Wildman–Crippen LogP) is 0.667. The molecule has 1 N–H and O–H groups in total. The molecule has 58 valence electrons. The van der Waals surface area contributed by atoms with E-state index >= 15 is 0 Å². The van der Waals surface area contributed by atoms with Crippen molar-refractivity contribution in [2.75, 3.05) is 13.1 Å². The van der Waals surface area contributed by atoms with Crippen LogP contribution < -0.4 is 5.32 Å². The topological polar surface area (TPSA) is 29.1 Å². The number of piperidine rings is 1. The van der Waals surface area contributed by atoms with E-state index in [1.807, 2.05) is 0 Å². The van der Waals surface area contributed by atoms with Crippen LogP contribution in [0, 0.1) is 0 Å². The maximum absolute atomic E-state index is 13.3. The molecule has 0 aromatic rings. The van der Waals surface area contributed by atoms with Crippen molar-refractivity contribution in [2.24, 2.45) is 0 Å². The zero-order valence-corrected chi connectivity index (χ0v) is 6.11. The van der Waals surface area contributed by atoms with Gasteiger partial charge in [-0.3, -0.25) is 4.79 Å². The van der Waals surface area contributed by atoms with Gasteiger partial charge in [0.15, 0.2) is 11.5 Å². The Labute approximate surface area is 59.8 Å². The molecule has 1 fully saturated rings. The molecule has 0 saturated carbocycles. The second-order valence-corrected chi connectivity index (χ2v) is 2.77. The van der Waals surface area contributed by atoms with Gasteiger partial charge in [-0.2, -0.15) is 0 Å². The first-order valence-electron chi connectivity index (χ1n) is 3.56. The number of carbonyl (C=O) groups is 1. The summed E-state index contributed by atoms with van der Waals surface area (Å²) in [7, 11) is 0. The number of halogens is 1. The number of Topliss-reactive ketones (excluding diaryl/α,β-unsaturated/α-hetero) is 1.